The number of nitrogens with zero attached hydrogens (tertiary/aromatic N) is 4. The van der Waals surface area contributed by atoms with E-state index in [9.17, 15) is 9.59 Å². The lowest BCUT2D eigenvalue weighted by atomic mass is 10.2. The quantitative estimate of drug-likeness (QED) is 0.850. The molecule has 142 valence electrons. The number of rotatable bonds is 4. The van der Waals surface area contributed by atoms with E-state index in [1.54, 1.807) is 11.8 Å². The minimum absolute atomic E-state index is 0.0793. The number of piperazine rings is 2. The molecular weight excluding hydrogens is 330 g/mol. The molecule has 3 rings (SSSR count). The van der Waals surface area contributed by atoms with Crippen LogP contribution in [0, 0.1) is 0 Å². The molecule has 0 aromatic heterocycles. The maximum absolute atomic E-state index is 12.3. The third kappa shape index (κ3) is 4.66. The predicted molar refractivity (Wildman–Crippen MR) is 103 cm³/mol. The smallest absolute Gasteiger partial charge is 0.241 e. The van der Waals surface area contributed by atoms with E-state index in [-0.39, 0.29) is 18.4 Å². The number of benzene rings is 1. The van der Waals surface area contributed by atoms with Crippen molar-refractivity contribution >= 4 is 23.2 Å². The standard InChI is InChI=1S/C19H29N5O2/c1-16(25)22-11-13-24(14-12-22)19(26)15-20-17-3-5-18(6-4-17)23-9-7-21(2)8-10-23/h3-6,20H,7-15H2,1-2H3. The molecule has 0 aliphatic carbocycles. The van der Waals surface area contributed by atoms with Crippen LogP contribution >= 0.6 is 0 Å². The number of hydrogen-bond donors (Lipinski definition) is 1. The molecule has 0 radical (unpaired) electrons. The number of carbonyl (C=O) groups excluding carboxylic acids is 2. The second kappa shape index (κ2) is 8.40. The van der Waals surface area contributed by atoms with Gasteiger partial charge in [-0.3, -0.25) is 9.59 Å². The van der Waals surface area contributed by atoms with Gasteiger partial charge in [0.25, 0.3) is 0 Å². The molecule has 2 heterocycles. The molecule has 0 unspecified atom stereocenters. The van der Waals surface area contributed by atoms with E-state index in [0.717, 1.165) is 31.9 Å². The first-order valence-corrected chi connectivity index (χ1v) is 9.33. The molecule has 1 aromatic carbocycles. The van der Waals surface area contributed by atoms with Crippen LogP contribution in [-0.2, 0) is 9.59 Å². The molecule has 1 aromatic rings. The van der Waals surface area contributed by atoms with Crippen LogP contribution in [0.2, 0.25) is 0 Å². The molecule has 0 saturated carbocycles. The van der Waals surface area contributed by atoms with E-state index in [2.05, 4.69) is 34.3 Å². The Hall–Kier alpha value is -2.28. The number of nitrogens with one attached hydrogen (secondary N) is 1. The van der Waals surface area contributed by atoms with Gasteiger partial charge in [-0.15, -0.1) is 0 Å². The number of amides is 2. The Morgan fingerprint density at radius 1 is 0.885 bits per heavy atom. The normalized spacial score (nSPS) is 18.8. The number of hydrogen-bond acceptors (Lipinski definition) is 5. The summed E-state index contributed by atoms with van der Waals surface area (Å²) in [6.07, 6.45) is 0. The van der Waals surface area contributed by atoms with Gasteiger partial charge in [-0.2, -0.15) is 0 Å². The van der Waals surface area contributed by atoms with Crippen molar-refractivity contribution in [3.63, 3.8) is 0 Å². The van der Waals surface area contributed by atoms with Gasteiger partial charge in [-0.25, -0.2) is 0 Å². The van der Waals surface area contributed by atoms with Crippen molar-refractivity contribution in [3.05, 3.63) is 24.3 Å². The van der Waals surface area contributed by atoms with Crippen molar-refractivity contribution in [2.75, 3.05) is 76.2 Å². The number of likely N-dealkylation sites (N-methyl/N-ethyl adjacent to an activating group) is 1. The third-order valence-electron chi connectivity index (χ3n) is 5.26. The summed E-state index contributed by atoms with van der Waals surface area (Å²) in [4.78, 5) is 32.0. The fourth-order valence-electron chi connectivity index (χ4n) is 3.41. The van der Waals surface area contributed by atoms with Crippen molar-refractivity contribution in [3.8, 4) is 0 Å². The zero-order valence-electron chi connectivity index (χ0n) is 15.8. The van der Waals surface area contributed by atoms with Gasteiger partial charge in [0.15, 0.2) is 0 Å². The first-order chi connectivity index (χ1) is 12.5. The molecule has 1 N–H and O–H groups in total. The van der Waals surface area contributed by atoms with E-state index in [0.29, 0.717) is 26.2 Å². The van der Waals surface area contributed by atoms with Gasteiger partial charge in [0.2, 0.25) is 11.8 Å². The van der Waals surface area contributed by atoms with E-state index < -0.39 is 0 Å². The van der Waals surface area contributed by atoms with Gasteiger partial charge in [0.05, 0.1) is 6.54 Å². The summed E-state index contributed by atoms with van der Waals surface area (Å²) in [6.45, 7) is 8.62. The molecule has 2 fully saturated rings. The molecule has 0 atom stereocenters. The largest absolute Gasteiger partial charge is 0.376 e. The van der Waals surface area contributed by atoms with E-state index in [1.165, 1.54) is 5.69 Å². The Labute approximate surface area is 155 Å². The summed E-state index contributed by atoms with van der Waals surface area (Å²) in [5.41, 5.74) is 2.19. The van der Waals surface area contributed by atoms with Crippen molar-refractivity contribution in [2.45, 2.75) is 6.92 Å². The van der Waals surface area contributed by atoms with Crippen LogP contribution in [0.3, 0.4) is 0 Å². The Bertz CT molecular complexity index is 617. The molecule has 2 saturated heterocycles. The lowest BCUT2D eigenvalue weighted by molar-refractivity contribution is -0.137. The van der Waals surface area contributed by atoms with Gasteiger partial charge in [0, 0.05) is 70.7 Å². The molecule has 0 spiro atoms. The first-order valence-electron chi connectivity index (χ1n) is 9.33. The van der Waals surface area contributed by atoms with Crippen LogP contribution in [-0.4, -0.2) is 92.5 Å². The van der Waals surface area contributed by atoms with Crippen molar-refractivity contribution in [1.29, 1.82) is 0 Å². The molecule has 7 heteroatoms. The summed E-state index contributed by atoms with van der Waals surface area (Å²) < 4.78 is 0. The van der Waals surface area contributed by atoms with Crippen LogP contribution in [0.15, 0.2) is 24.3 Å². The van der Waals surface area contributed by atoms with Crippen molar-refractivity contribution in [1.82, 2.24) is 14.7 Å². The first kappa shape index (κ1) is 18.5. The average molecular weight is 359 g/mol. The summed E-state index contributed by atoms with van der Waals surface area (Å²) in [5, 5.41) is 3.21. The molecule has 0 bridgehead atoms. The van der Waals surface area contributed by atoms with E-state index >= 15 is 0 Å². The van der Waals surface area contributed by atoms with Crippen LogP contribution in [0.4, 0.5) is 11.4 Å². The second-order valence-corrected chi connectivity index (χ2v) is 7.08. The number of carbonyl (C=O) groups is 2. The Morgan fingerprint density at radius 3 is 2.04 bits per heavy atom. The zero-order chi connectivity index (χ0) is 18.5. The molecule has 7 nitrogen and oxygen atoms in total. The molecule has 2 aliphatic rings. The Morgan fingerprint density at radius 2 is 1.46 bits per heavy atom. The van der Waals surface area contributed by atoms with Crippen LogP contribution in [0.5, 0.6) is 0 Å². The highest BCUT2D eigenvalue weighted by Gasteiger charge is 2.22. The second-order valence-electron chi connectivity index (χ2n) is 7.08. The maximum Gasteiger partial charge on any atom is 0.241 e. The Kier molecular flexibility index (Phi) is 5.98. The molecule has 2 aliphatic heterocycles. The highest BCUT2D eigenvalue weighted by molar-refractivity contribution is 5.81. The fourth-order valence-corrected chi connectivity index (χ4v) is 3.41. The fraction of sp³-hybridized carbons (Fsp3) is 0.579. The zero-order valence-corrected chi connectivity index (χ0v) is 15.8. The Balaban J connectivity index is 1.44. The van der Waals surface area contributed by atoms with E-state index in [1.807, 2.05) is 17.0 Å². The topological polar surface area (TPSA) is 59.1 Å². The lowest BCUT2D eigenvalue weighted by Crippen LogP contribution is -2.51. The van der Waals surface area contributed by atoms with Crippen molar-refractivity contribution < 1.29 is 9.59 Å². The van der Waals surface area contributed by atoms with Gasteiger partial charge < -0.3 is 24.9 Å². The highest BCUT2D eigenvalue weighted by Crippen LogP contribution is 2.19. The van der Waals surface area contributed by atoms with Gasteiger partial charge in [0.1, 0.15) is 0 Å². The average Bonchev–Trinajstić information content (AvgIpc) is 2.67. The summed E-state index contributed by atoms with van der Waals surface area (Å²) >= 11 is 0. The third-order valence-corrected chi connectivity index (χ3v) is 5.26. The van der Waals surface area contributed by atoms with Crippen molar-refractivity contribution in [2.24, 2.45) is 0 Å². The van der Waals surface area contributed by atoms with Gasteiger partial charge in [-0.05, 0) is 31.3 Å². The maximum atomic E-state index is 12.3. The molecular formula is C19H29N5O2. The molecule has 26 heavy (non-hydrogen) atoms. The SMILES string of the molecule is CC(=O)N1CCN(C(=O)CNc2ccc(N3CCN(C)CC3)cc2)CC1. The summed E-state index contributed by atoms with van der Waals surface area (Å²) in [7, 11) is 2.15. The minimum atomic E-state index is 0.0793. The van der Waals surface area contributed by atoms with Crippen LogP contribution in [0.25, 0.3) is 0 Å². The van der Waals surface area contributed by atoms with E-state index in [4.69, 9.17) is 0 Å². The predicted octanol–water partition coefficient (Wildman–Crippen LogP) is 0.541. The minimum Gasteiger partial charge on any atom is -0.376 e. The van der Waals surface area contributed by atoms with Crippen LogP contribution in [0.1, 0.15) is 6.92 Å². The summed E-state index contributed by atoms with van der Waals surface area (Å²) in [5.74, 6) is 0.159. The summed E-state index contributed by atoms with van der Waals surface area (Å²) in [6, 6.07) is 8.30. The van der Waals surface area contributed by atoms with Gasteiger partial charge >= 0.3 is 0 Å². The number of anilines is 2. The van der Waals surface area contributed by atoms with Crippen LogP contribution < -0.4 is 10.2 Å². The highest BCUT2D eigenvalue weighted by atomic mass is 16.2. The molecule has 2 amide bonds. The lowest BCUT2D eigenvalue weighted by Gasteiger charge is -2.34. The van der Waals surface area contributed by atoms with Gasteiger partial charge in [-0.1, -0.05) is 0 Å². The monoisotopic (exact) mass is 359 g/mol.